The van der Waals surface area contributed by atoms with Gasteiger partial charge in [-0.15, -0.1) is 0 Å². The third-order valence-corrected chi connectivity index (χ3v) is 4.99. The summed E-state index contributed by atoms with van der Waals surface area (Å²) in [6.07, 6.45) is 6.34. The summed E-state index contributed by atoms with van der Waals surface area (Å²) in [6, 6.07) is 1.76. The van der Waals surface area contributed by atoms with Gasteiger partial charge in [0.15, 0.2) is 5.82 Å². The van der Waals surface area contributed by atoms with Crippen LogP contribution in [0.4, 0.5) is 5.82 Å². The van der Waals surface area contributed by atoms with E-state index in [2.05, 4.69) is 43.0 Å². The van der Waals surface area contributed by atoms with Crippen molar-refractivity contribution in [1.29, 1.82) is 0 Å². The van der Waals surface area contributed by atoms with Gasteiger partial charge in [0.2, 0.25) is 0 Å². The molecule has 0 radical (unpaired) electrons. The van der Waals surface area contributed by atoms with E-state index in [0.29, 0.717) is 22.6 Å². The van der Waals surface area contributed by atoms with Crippen LogP contribution in [0.3, 0.4) is 0 Å². The second-order valence-corrected chi connectivity index (χ2v) is 6.21. The summed E-state index contributed by atoms with van der Waals surface area (Å²) in [5.74, 6) is 0.776. The molecule has 2 bridgehead atoms. The quantitative estimate of drug-likeness (QED) is 0.886. The second-order valence-electron chi connectivity index (χ2n) is 5.42. The molecular formula is C13H19BrN4O. The van der Waals surface area contributed by atoms with Crippen LogP contribution in [0, 0.1) is 0 Å². The van der Waals surface area contributed by atoms with Gasteiger partial charge >= 0.3 is 0 Å². The van der Waals surface area contributed by atoms with Gasteiger partial charge in [-0.2, -0.15) is 0 Å². The van der Waals surface area contributed by atoms with Crippen LogP contribution < -0.4 is 15.8 Å². The Morgan fingerprint density at radius 1 is 1.42 bits per heavy atom. The fourth-order valence-corrected chi connectivity index (χ4v) is 3.88. The van der Waals surface area contributed by atoms with Gasteiger partial charge in [0, 0.05) is 24.7 Å². The van der Waals surface area contributed by atoms with E-state index < -0.39 is 0 Å². The molecule has 5 nitrogen and oxygen atoms in total. The third-order valence-electron chi connectivity index (χ3n) is 4.28. The summed E-state index contributed by atoms with van der Waals surface area (Å²) in [7, 11) is 0. The van der Waals surface area contributed by atoms with Crippen molar-refractivity contribution in [2.24, 2.45) is 0 Å². The molecule has 1 aromatic rings. The highest BCUT2D eigenvalue weighted by molar-refractivity contribution is 9.10. The maximum atomic E-state index is 11.7. The zero-order valence-electron chi connectivity index (χ0n) is 11.0. The topological polar surface area (TPSA) is 61.0 Å². The Hall–Kier alpha value is -0.880. The first-order chi connectivity index (χ1) is 9.19. The van der Waals surface area contributed by atoms with Gasteiger partial charge in [-0.1, -0.05) is 0 Å². The number of piperidine rings is 1. The molecule has 0 amide bonds. The number of H-pyrrole nitrogens is 1. The molecule has 0 saturated carbocycles. The van der Waals surface area contributed by atoms with Crippen molar-refractivity contribution >= 4 is 21.7 Å². The lowest BCUT2D eigenvalue weighted by Gasteiger charge is -2.38. The van der Waals surface area contributed by atoms with E-state index in [-0.39, 0.29) is 5.56 Å². The van der Waals surface area contributed by atoms with Crippen LogP contribution in [0.15, 0.2) is 15.6 Å². The number of aromatic nitrogens is 2. The van der Waals surface area contributed by atoms with Crippen molar-refractivity contribution in [3.63, 3.8) is 0 Å². The van der Waals surface area contributed by atoms with Gasteiger partial charge in [-0.3, -0.25) is 4.79 Å². The van der Waals surface area contributed by atoms with Gasteiger partial charge in [0.25, 0.3) is 5.56 Å². The van der Waals surface area contributed by atoms with Gasteiger partial charge in [0.05, 0.1) is 6.33 Å². The second kappa shape index (κ2) is 5.25. The average Bonchev–Trinajstić information content (AvgIpc) is 2.74. The molecular weight excluding hydrogens is 308 g/mol. The molecule has 0 spiro atoms. The van der Waals surface area contributed by atoms with Crippen LogP contribution >= 0.6 is 15.9 Å². The molecule has 2 unspecified atom stereocenters. The van der Waals surface area contributed by atoms with E-state index in [1.807, 2.05) is 0 Å². The molecule has 6 heteroatoms. The van der Waals surface area contributed by atoms with Crippen molar-refractivity contribution in [3.05, 3.63) is 21.2 Å². The largest absolute Gasteiger partial charge is 0.353 e. The van der Waals surface area contributed by atoms with Crippen LogP contribution in [0.2, 0.25) is 0 Å². The number of aromatic amines is 1. The van der Waals surface area contributed by atoms with Crippen LogP contribution in [0.25, 0.3) is 0 Å². The van der Waals surface area contributed by atoms with Gasteiger partial charge < -0.3 is 15.2 Å². The summed E-state index contributed by atoms with van der Waals surface area (Å²) < 4.78 is 0.544. The highest BCUT2D eigenvalue weighted by atomic mass is 79.9. The maximum absolute atomic E-state index is 11.7. The third kappa shape index (κ3) is 2.43. The van der Waals surface area contributed by atoms with Crippen molar-refractivity contribution in [3.8, 4) is 0 Å². The Kier molecular flexibility index (Phi) is 3.62. The predicted molar refractivity (Wildman–Crippen MR) is 78.5 cm³/mol. The normalized spacial score (nSPS) is 29.5. The summed E-state index contributed by atoms with van der Waals surface area (Å²) >= 11 is 3.37. The van der Waals surface area contributed by atoms with Gasteiger partial charge in [0.1, 0.15) is 4.47 Å². The molecule has 0 aromatic carbocycles. The van der Waals surface area contributed by atoms with Crippen molar-refractivity contribution in [1.82, 2.24) is 15.3 Å². The molecule has 19 heavy (non-hydrogen) atoms. The van der Waals surface area contributed by atoms with Crippen LogP contribution in [0.1, 0.15) is 32.6 Å². The lowest BCUT2D eigenvalue weighted by molar-refractivity contribution is 0.347. The molecule has 2 atom stereocenters. The van der Waals surface area contributed by atoms with E-state index in [4.69, 9.17) is 0 Å². The molecule has 2 fully saturated rings. The van der Waals surface area contributed by atoms with Gasteiger partial charge in [-0.25, -0.2) is 4.98 Å². The first-order valence-electron chi connectivity index (χ1n) is 6.95. The molecule has 2 N–H and O–H groups in total. The lowest BCUT2D eigenvalue weighted by Crippen LogP contribution is -2.49. The van der Waals surface area contributed by atoms with Crippen LogP contribution in [0.5, 0.6) is 0 Å². The Balaban J connectivity index is 1.88. The van der Waals surface area contributed by atoms with Gasteiger partial charge in [-0.05, 0) is 48.5 Å². The predicted octanol–water partition coefficient (Wildman–Crippen LogP) is 1.64. The van der Waals surface area contributed by atoms with E-state index >= 15 is 0 Å². The van der Waals surface area contributed by atoms with E-state index in [0.717, 1.165) is 25.2 Å². The zero-order valence-corrected chi connectivity index (χ0v) is 12.6. The van der Waals surface area contributed by atoms with Crippen molar-refractivity contribution in [2.45, 2.75) is 50.7 Å². The van der Waals surface area contributed by atoms with E-state index in [1.165, 1.54) is 19.2 Å². The Morgan fingerprint density at radius 2 is 2.11 bits per heavy atom. The molecule has 3 heterocycles. The van der Waals surface area contributed by atoms with E-state index in [9.17, 15) is 4.79 Å². The van der Waals surface area contributed by atoms with E-state index in [1.54, 1.807) is 0 Å². The smallest absolute Gasteiger partial charge is 0.267 e. The summed E-state index contributed by atoms with van der Waals surface area (Å²) in [4.78, 5) is 20.9. The minimum absolute atomic E-state index is 0.111. The molecule has 2 aliphatic heterocycles. The first-order valence-corrected chi connectivity index (χ1v) is 7.74. The fraction of sp³-hybridized carbons (Fsp3) is 0.692. The van der Waals surface area contributed by atoms with Crippen molar-refractivity contribution in [2.75, 3.05) is 11.4 Å². The molecule has 3 rings (SSSR count). The standard InChI is InChI=1S/C13H19BrN4O/c1-2-18(12-11(14)13(19)16-7-15-12)10-5-8-3-4-9(6-10)17-8/h7-10,17H,2-6H2,1H3,(H,15,16,19). The molecule has 104 valence electrons. The zero-order chi connectivity index (χ0) is 13.4. The fourth-order valence-electron chi connectivity index (χ4n) is 3.44. The lowest BCUT2D eigenvalue weighted by atomic mass is 9.98. The highest BCUT2D eigenvalue weighted by Gasteiger charge is 2.36. The SMILES string of the molecule is CCN(c1nc[nH]c(=O)c1Br)C1CC2CCC(C1)N2. The molecule has 2 aliphatic rings. The molecule has 1 aromatic heterocycles. The monoisotopic (exact) mass is 326 g/mol. The number of hydrogen-bond donors (Lipinski definition) is 2. The average molecular weight is 327 g/mol. The number of halogens is 1. The number of nitrogens with zero attached hydrogens (tertiary/aromatic N) is 2. The molecule has 0 aliphatic carbocycles. The minimum atomic E-state index is -0.111. The Bertz CT molecular complexity index is 506. The Labute approximate surface area is 120 Å². The number of nitrogens with one attached hydrogen (secondary N) is 2. The first kappa shape index (κ1) is 13.1. The number of hydrogen-bond acceptors (Lipinski definition) is 4. The summed E-state index contributed by atoms with van der Waals surface area (Å²) in [6.45, 7) is 3.00. The summed E-state index contributed by atoms with van der Waals surface area (Å²) in [5, 5.41) is 3.65. The Morgan fingerprint density at radius 3 is 2.74 bits per heavy atom. The molecule has 2 saturated heterocycles. The number of rotatable bonds is 3. The van der Waals surface area contributed by atoms with Crippen LogP contribution in [-0.2, 0) is 0 Å². The van der Waals surface area contributed by atoms with Crippen LogP contribution in [-0.4, -0.2) is 34.6 Å². The number of fused-ring (bicyclic) bond motifs is 2. The minimum Gasteiger partial charge on any atom is -0.353 e. The highest BCUT2D eigenvalue weighted by Crippen LogP contribution is 2.32. The van der Waals surface area contributed by atoms with Crippen molar-refractivity contribution < 1.29 is 0 Å². The summed E-state index contributed by atoms with van der Waals surface area (Å²) in [5.41, 5.74) is -0.111. The maximum Gasteiger partial charge on any atom is 0.267 e. The number of anilines is 1.